The first-order valence-electron chi connectivity index (χ1n) is 9.89. The molecule has 7 heteroatoms. The molecule has 1 N–H and O–H groups in total. The van der Waals surface area contributed by atoms with Crippen LogP contribution in [0.3, 0.4) is 0 Å². The van der Waals surface area contributed by atoms with Gasteiger partial charge in [-0.05, 0) is 55.7 Å². The van der Waals surface area contributed by atoms with E-state index in [1.165, 1.54) is 0 Å². The third-order valence-corrected chi connectivity index (χ3v) is 6.70. The molecule has 2 aromatic rings. The van der Waals surface area contributed by atoms with Gasteiger partial charge in [0.1, 0.15) is 0 Å². The maximum absolute atomic E-state index is 13.0. The third-order valence-electron chi connectivity index (χ3n) is 6.38. The van der Waals surface area contributed by atoms with Crippen molar-refractivity contribution in [2.45, 2.75) is 69.6 Å². The first-order valence-corrected chi connectivity index (χ1v) is 10.3. The summed E-state index contributed by atoms with van der Waals surface area (Å²) in [5.41, 5.74) is 1.23. The van der Waals surface area contributed by atoms with Crippen molar-refractivity contribution < 1.29 is 18.3 Å². The second kappa shape index (κ2) is 7.64. The van der Waals surface area contributed by atoms with Crippen LogP contribution in [0.2, 0.25) is 5.02 Å². The Morgan fingerprint density at radius 3 is 3.04 bits per heavy atom. The summed E-state index contributed by atoms with van der Waals surface area (Å²) in [4.78, 5) is 18.2. The van der Waals surface area contributed by atoms with Crippen LogP contribution in [0.1, 0.15) is 56.9 Å². The number of halogens is 3. The number of aromatic amines is 1. The number of rotatable bonds is 5. The lowest BCUT2D eigenvalue weighted by atomic mass is 9.75. The van der Waals surface area contributed by atoms with Crippen molar-refractivity contribution in [2.24, 2.45) is 0 Å². The number of likely N-dealkylation sites (tertiary alicyclic amines) is 1. The number of fused-ring (bicyclic) bond motifs is 3. The van der Waals surface area contributed by atoms with Gasteiger partial charge in [0.15, 0.2) is 0 Å². The van der Waals surface area contributed by atoms with Gasteiger partial charge in [0, 0.05) is 36.1 Å². The number of amides is 1. The summed E-state index contributed by atoms with van der Waals surface area (Å²) >= 11 is 6.37. The number of nitrogens with one attached hydrogen (secondary N) is 1. The molecule has 28 heavy (non-hydrogen) atoms. The Balaban J connectivity index is 1.46. The van der Waals surface area contributed by atoms with E-state index in [1.807, 2.05) is 36.2 Å². The predicted molar refractivity (Wildman–Crippen MR) is 105 cm³/mol. The van der Waals surface area contributed by atoms with E-state index < -0.39 is 12.2 Å². The largest absolute Gasteiger partial charge is 0.361 e. The fourth-order valence-corrected chi connectivity index (χ4v) is 5.30. The molecule has 1 aliphatic carbocycles. The fourth-order valence-electron chi connectivity index (χ4n) is 5.02. The zero-order chi connectivity index (χ0) is 19.9. The Labute approximate surface area is 168 Å². The topological polar surface area (TPSA) is 45.3 Å². The number of nitrogens with zero attached hydrogens (tertiary/aromatic N) is 1. The van der Waals surface area contributed by atoms with Crippen molar-refractivity contribution in [3.8, 4) is 0 Å². The highest BCUT2D eigenvalue weighted by Gasteiger charge is 2.46. The normalized spacial score (nSPS) is 26.0. The van der Waals surface area contributed by atoms with E-state index in [2.05, 4.69) is 4.98 Å². The van der Waals surface area contributed by atoms with Crippen LogP contribution in [0.25, 0.3) is 10.9 Å². The number of carbonyl (C=O) groups is 1. The minimum atomic E-state index is -2.76. The molecule has 4 nitrogen and oxygen atoms in total. The van der Waals surface area contributed by atoms with Crippen LogP contribution in [0.15, 0.2) is 24.4 Å². The average Bonchev–Trinajstić information content (AvgIpc) is 3.06. The summed E-state index contributed by atoms with van der Waals surface area (Å²) in [6, 6.07) is 5.71. The van der Waals surface area contributed by atoms with Crippen LogP contribution in [-0.4, -0.2) is 40.6 Å². The van der Waals surface area contributed by atoms with Crippen molar-refractivity contribution in [1.82, 2.24) is 9.88 Å². The molecule has 152 valence electrons. The monoisotopic (exact) mass is 410 g/mol. The highest BCUT2D eigenvalue weighted by molar-refractivity contribution is 6.35. The molecule has 2 fully saturated rings. The number of hydrogen-bond acceptors (Lipinski definition) is 2. The molecule has 2 heterocycles. The summed E-state index contributed by atoms with van der Waals surface area (Å²) in [5, 5.41) is 1.64. The minimum Gasteiger partial charge on any atom is -0.361 e. The van der Waals surface area contributed by atoms with Gasteiger partial charge in [-0.25, -0.2) is 0 Å². The molecule has 1 saturated heterocycles. The summed E-state index contributed by atoms with van der Waals surface area (Å²) < 4.78 is 30.7. The number of benzene rings is 1. The van der Waals surface area contributed by atoms with Crippen molar-refractivity contribution in [1.29, 1.82) is 0 Å². The molecule has 1 aliphatic heterocycles. The van der Waals surface area contributed by atoms with Gasteiger partial charge in [-0.2, -0.15) is 8.78 Å². The van der Waals surface area contributed by atoms with Gasteiger partial charge in [-0.15, -0.1) is 0 Å². The summed E-state index contributed by atoms with van der Waals surface area (Å²) in [7, 11) is 0. The molecule has 4 rings (SSSR count). The molecule has 1 saturated carbocycles. The number of piperidine rings is 1. The van der Waals surface area contributed by atoms with Crippen LogP contribution in [0.4, 0.5) is 8.78 Å². The van der Waals surface area contributed by atoms with Gasteiger partial charge < -0.3 is 14.6 Å². The van der Waals surface area contributed by atoms with Crippen molar-refractivity contribution in [3.63, 3.8) is 0 Å². The Hall–Kier alpha value is -1.66. The van der Waals surface area contributed by atoms with Gasteiger partial charge in [0.2, 0.25) is 5.91 Å². The van der Waals surface area contributed by atoms with Crippen LogP contribution in [-0.2, 0) is 9.53 Å². The van der Waals surface area contributed by atoms with Gasteiger partial charge in [-0.3, -0.25) is 4.79 Å². The molecule has 0 radical (unpaired) electrons. The molecular formula is C21H25ClF2N2O2. The Morgan fingerprint density at radius 2 is 2.25 bits per heavy atom. The molecule has 2 bridgehead atoms. The zero-order valence-corrected chi connectivity index (χ0v) is 16.6. The Morgan fingerprint density at radius 1 is 1.43 bits per heavy atom. The lowest BCUT2D eigenvalue weighted by molar-refractivity contribution is -0.236. The maximum Gasteiger partial charge on any atom is 0.345 e. The highest BCUT2D eigenvalue weighted by Crippen LogP contribution is 2.42. The van der Waals surface area contributed by atoms with Gasteiger partial charge in [-0.1, -0.05) is 24.6 Å². The molecule has 0 spiro atoms. The van der Waals surface area contributed by atoms with E-state index in [0.717, 1.165) is 29.3 Å². The summed E-state index contributed by atoms with van der Waals surface area (Å²) in [6.45, 7) is -0.246. The summed E-state index contributed by atoms with van der Waals surface area (Å²) in [5.74, 6) is 0.0835. The Kier molecular flexibility index (Phi) is 5.36. The van der Waals surface area contributed by atoms with Crippen molar-refractivity contribution in [2.75, 3.05) is 6.54 Å². The number of hydrogen-bond donors (Lipinski definition) is 1. The number of ether oxygens (including phenoxy) is 1. The SMILES string of the molecule is CC(CC(=O)N1CCC2(OC(F)F)CCCC1C2)c1c[nH]c2cccc(Cl)c12. The van der Waals surface area contributed by atoms with E-state index in [0.29, 0.717) is 37.3 Å². The predicted octanol–water partition coefficient (Wildman–Crippen LogP) is 5.47. The highest BCUT2D eigenvalue weighted by atomic mass is 35.5. The molecule has 1 amide bonds. The van der Waals surface area contributed by atoms with Gasteiger partial charge >= 0.3 is 6.61 Å². The zero-order valence-electron chi connectivity index (χ0n) is 15.9. The van der Waals surface area contributed by atoms with E-state index in [1.54, 1.807) is 0 Å². The molecule has 1 aromatic heterocycles. The van der Waals surface area contributed by atoms with E-state index in [9.17, 15) is 13.6 Å². The standard InChI is InChI=1S/C21H25ClF2N2O2/c1-13(15-12-25-17-6-2-5-16(22)19(15)17)10-18(27)26-9-8-21(28-20(23)24)7-3-4-14(26)11-21/h2,5-6,12-14,20,25H,3-4,7-11H2,1H3. The first-order chi connectivity index (χ1) is 13.4. The number of alkyl halides is 2. The lowest BCUT2D eigenvalue weighted by Gasteiger charge is -2.50. The van der Waals surface area contributed by atoms with Crippen molar-refractivity contribution >= 4 is 28.4 Å². The van der Waals surface area contributed by atoms with Crippen LogP contribution >= 0.6 is 11.6 Å². The minimum absolute atomic E-state index is 0.00694. The first kappa shape index (κ1) is 19.6. The second-order valence-electron chi connectivity index (χ2n) is 8.16. The van der Waals surface area contributed by atoms with Gasteiger partial charge in [0.25, 0.3) is 0 Å². The van der Waals surface area contributed by atoms with Crippen LogP contribution in [0, 0.1) is 0 Å². The third kappa shape index (κ3) is 3.64. The molecule has 3 unspecified atom stereocenters. The van der Waals surface area contributed by atoms with Crippen LogP contribution in [0.5, 0.6) is 0 Å². The van der Waals surface area contributed by atoms with E-state index >= 15 is 0 Å². The molecular weight excluding hydrogens is 386 g/mol. The lowest BCUT2D eigenvalue weighted by Crippen LogP contribution is -2.56. The average molecular weight is 411 g/mol. The second-order valence-corrected chi connectivity index (χ2v) is 8.57. The molecule has 1 aromatic carbocycles. The van der Waals surface area contributed by atoms with Crippen LogP contribution < -0.4 is 0 Å². The number of carbonyl (C=O) groups excluding carboxylic acids is 1. The number of H-pyrrole nitrogens is 1. The molecule has 3 atom stereocenters. The van der Waals surface area contributed by atoms with Crippen molar-refractivity contribution in [3.05, 3.63) is 35.0 Å². The smallest absolute Gasteiger partial charge is 0.345 e. The van der Waals surface area contributed by atoms with E-state index in [4.69, 9.17) is 16.3 Å². The maximum atomic E-state index is 13.0. The quantitative estimate of drug-likeness (QED) is 0.710. The molecule has 2 aliphatic rings. The Bertz CT molecular complexity index is 871. The number of aromatic nitrogens is 1. The van der Waals surface area contributed by atoms with Gasteiger partial charge in [0.05, 0.1) is 10.6 Å². The fraction of sp³-hybridized carbons (Fsp3) is 0.571. The van der Waals surface area contributed by atoms with E-state index in [-0.39, 0.29) is 17.9 Å². The summed E-state index contributed by atoms with van der Waals surface area (Å²) in [6.07, 6.45) is 5.61.